The van der Waals surface area contributed by atoms with Crippen LogP contribution in [0, 0.1) is 0 Å². The van der Waals surface area contributed by atoms with E-state index in [1.165, 1.54) is 56.0 Å². The summed E-state index contributed by atoms with van der Waals surface area (Å²) in [5.74, 6) is -0.753. The monoisotopic (exact) mass is 436 g/mol. The van der Waals surface area contributed by atoms with Crippen LogP contribution in [0.15, 0.2) is 54.1 Å². The summed E-state index contributed by atoms with van der Waals surface area (Å²) in [5, 5.41) is 11.6. The number of aromatic hydroxyl groups is 1. The number of nitrogens with one attached hydrogen (secondary N) is 1. The molecule has 2 N–H and O–H groups in total. The molecule has 32 heavy (non-hydrogen) atoms. The number of carbonyl (C=O) groups excluding carboxylic acids is 3. The number of ether oxygens (including phenoxy) is 1. The third-order valence-electron chi connectivity index (χ3n) is 5.17. The van der Waals surface area contributed by atoms with Crippen molar-refractivity contribution in [2.24, 2.45) is 0 Å². The molecule has 0 aliphatic carbocycles. The van der Waals surface area contributed by atoms with Crippen molar-refractivity contribution >= 4 is 29.6 Å². The molecule has 0 radical (unpaired) electrons. The van der Waals surface area contributed by atoms with Crippen LogP contribution in [0.4, 0.5) is 10.5 Å². The molecule has 2 aromatic carbocycles. The van der Waals surface area contributed by atoms with Crippen LogP contribution in [0.5, 0.6) is 11.5 Å². The Labute approximate surface area is 187 Å². The minimum Gasteiger partial charge on any atom is -0.508 e. The largest absolute Gasteiger partial charge is 0.508 e. The zero-order valence-corrected chi connectivity index (χ0v) is 18.2. The van der Waals surface area contributed by atoms with Crippen LogP contribution in [-0.2, 0) is 9.59 Å². The molecule has 4 amide bonds. The maximum Gasteiger partial charge on any atom is 0.335 e. The molecule has 7 heteroatoms. The number of phenols is 1. The number of amides is 4. The molecule has 0 saturated carbocycles. The average molecular weight is 437 g/mol. The number of rotatable bonds is 10. The van der Waals surface area contributed by atoms with Gasteiger partial charge in [0.15, 0.2) is 0 Å². The number of anilines is 1. The normalized spacial score (nSPS) is 15.2. The fraction of sp³-hybridized carbons (Fsp3) is 0.320. The molecule has 168 valence electrons. The van der Waals surface area contributed by atoms with Gasteiger partial charge < -0.3 is 9.84 Å². The molecule has 7 nitrogen and oxygen atoms in total. The first kappa shape index (κ1) is 23.1. The minimum atomic E-state index is -0.832. The number of phenolic OH excluding ortho intramolecular Hbond substituents is 1. The maximum absolute atomic E-state index is 12.9. The highest BCUT2D eigenvalue weighted by Gasteiger charge is 2.36. The number of nitrogens with zero attached hydrogens (tertiary/aromatic N) is 1. The van der Waals surface area contributed by atoms with Gasteiger partial charge in [-0.3, -0.25) is 14.9 Å². The summed E-state index contributed by atoms with van der Waals surface area (Å²) in [4.78, 5) is 38.2. The fourth-order valence-corrected chi connectivity index (χ4v) is 3.39. The van der Waals surface area contributed by atoms with Gasteiger partial charge in [-0.05, 0) is 54.5 Å². The molecular weight excluding hydrogens is 408 g/mol. The molecule has 0 bridgehead atoms. The zero-order valence-electron chi connectivity index (χ0n) is 18.2. The van der Waals surface area contributed by atoms with Crippen LogP contribution < -0.4 is 15.0 Å². The van der Waals surface area contributed by atoms with E-state index < -0.39 is 17.8 Å². The van der Waals surface area contributed by atoms with E-state index in [-0.39, 0.29) is 17.0 Å². The fourth-order valence-electron chi connectivity index (χ4n) is 3.39. The molecule has 1 aliphatic rings. The molecule has 2 aromatic rings. The first-order valence-electron chi connectivity index (χ1n) is 10.9. The van der Waals surface area contributed by atoms with Gasteiger partial charge in [0.1, 0.15) is 17.1 Å². The number of hydrogen-bond acceptors (Lipinski definition) is 5. The number of imide groups is 2. The Balaban J connectivity index is 1.63. The second-order valence-electron chi connectivity index (χ2n) is 7.66. The Morgan fingerprint density at radius 1 is 0.906 bits per heavy atom. The highest BCUT2D eigenvalue weighted by Crippen LogP contribution is 2.24. The summed E-state index contributed by atoms with van der Waals surface area (Å²) in [6, 6.07) is 11.8. The van der Waals surface area contributed by atoms with Crippen LogP contribution in [0.1, 0.15) is 51.0 Å². The Morgan fingerprint density at radius 2 is 1.56 bits per heavy atom. The topological polar surface area (TPSA) is 95.9 Å². The Bertz CT molecular complexity index is 980. The lowest BCUT2D eigenvalue weighted by molar-refractivity contribution is -0.122. The summed E-state index contributed by atoms with van der Waals surface area (Å²) in [6.45, 7) is 2.85. The van der Waals surface area contributed by atoms with Gasteiger partial charge in [-0.15, -0.1) is 0 Å². The van der Waals surface area contributed by atoms with Crippen LogP contribution in [0.3, 0.4) is 0 Å². The highest BCUT2D eigenvalue weighted by atomic mass is 16.5. The predicted octanol–water partition coefficient (Wildman–Crippen LogP) is 4.80. The molecule has 1 fully saturated rings. The molecule has 0 aromatic heterocycles. The van der Waals surface area contributed by atoms with Gasteiger partial charge >= 0.3 is 6.03 Å². The van der Waals surface area contributed by atoms with E-state index in [2.05, 4.69) is 12.2 Å². The van der Waals surface area contributed by atoms with E-state index in [4.69, 9.17) is 4.74 Å². The summed E-state index contributed by atoms with van der Waals surface area (Å²) in [6.07, 6.45) is 8.60. The molecule has 1 aliphatic heterocycles. The summed E-state index contributed by atoms with van der Waals surface area (Å²) in [5.41, 5.74) is 0.732. The number of unbranched alkanes of at least 4 members (excludes halogenated alkanes) is 5. The summed E-state index contributed by atoms with van der Waals surface area (Å²) < 4.78 is 5.76. The molecule has 0 unspecified atom stereocenters. The average Bonchev–Trinajstić information content (AvgIpc) is 2.78. The predicted molar refractivity (Wildman–Crippen MR) is 122 cm³/mol. The molecule has 3 rings (SSSR count). The maximum atomic E-state index is 12.9. The Hall–Kier alpha value is -3.61. The van der Waals surface area contributed by atoms with Gasteiger partial charge in [-0.2, -0.15) is 0 Å². The quantitative estimate of drug-likeness (QED) is 0.317. The number of hydrogen-bond donors (Lipinski definition) is 2. The number of urea groups is 1. The van der Waals surface area contributed by atoms with Crippen LogP contribution in [0.2, 0.25) is 0 Å². The third kappa shape index (κ3) is 5.97. The van der Waals surface area contributed by atoms with E-state index in [0.29, 0.717) is 12.2 Å². The van der Waals surface area contributed by atoms with Gasteiger partial charge in [-0.25, -0.2) is 9.69 Å². The van der Waals surface area contributed by atoms with Crippen molar-refractivity contribution in [3.05, 3.63) is 59.7 Å². The van der Waals surface area contributed by atoms with Crippen molar-refractivity contribution in [2.75, 3.05) is 11.5 Å². The van der Waals surface area contributed by atoms with E-state index in [1.54, 1.807) is 24.3 Å². The second-order valence-corrected chi connectivity index (χ2v) is 7.66. The Kier molecular flexibility index (Phi) is 8.02. The van der Waals surface area contributed by atoms with Gasteiger partial charge in [0.25, 0.3) is 11.8 Å². The van der Waals surface area contributed by atoms with Crippen molar-refractivity contribution < 1.29 is 24.2 Å². The van der Waals surface area contributed by atoms with Crippen molar-refractivity contribution in [1.82, 2.24) is 5.32 Å². The zero-order chi connectivity index (χ0) is 22.9. The Morgan fingerprint density at radius 3 is 2.25 bits per heavy atom. The summed E-state index contributed by atoms with van der Waals surface area (Å²) >= 11 is 0. The van der Waals surface area contributed by atoms with Crippen molar-refractivity contribution in [2.45, 2.75) is 45.4 Å². The second kappa shape index (κ2) is 11.1. The summed E-state index contributed by atoms with van der Waals surface area (Å²) in [7, 11) is 0. The van der Waals surface area contributed by atoms with Crippen molar-refractivity contribution in [1.29, 1.82) is 0 Å². The molecule has 1 saturated heterocycles. The molecule has 0 spiro atoms. The SMILES string of the molecule is CCCCCCCCOc1ccc(/C=C2/C(=O)NC(=O)N(c3ccc(O)cc3)C2=O)cc1. The van der Waals surface area contributed by atoms with E-state index in [1.807, 2.05) is 0 Å². The van der Waals surface area contributed by atoms with E-state index in [0.717, 1.165) is 23.5 Å². The van der Waals surface area contributed by atoms with Crippen LogP contribution in [0.25, 0.3) is 6.08 Å². The minimum absolute atomic E-state index is 0.00394. The van der Waals surface area contributed by atoms with Crippen LogP contribution in [-0.4, -0.2) is 29.6 Å². The highest BCUT2D eigenvalue weighted by molar-refractivity contribution is 6.39. The lowest BCUT2D eigenvalue weighted by Gasteiger charge is -2.26. The van der Waals surface area contributed by atoms with Crippen molar-refractivity contribution in [3.8, 4) is 11.5 Å². The van der Waals surface area contributed by atoms with E-state index in [9.17, 15) is 19.5 Å². The van der Waals surface area contributed by atoms with Gasteiger partial charge in [-0.1, -0.05) is 51.2 Å². The number of barbiturate groups is 1. The molecule has 0 atom stereocenters. The van der Waals surface area contributed by atoms with E-state index >= 15 is 0 Å². The molecular formula is C25H28N2O5. The van der Waals surface area contributed by atoms with Gasteiger partial charge in [0.2, 0.25) is 0 Å². The number of benzene rings is 2. The first-order valence-corrected chi connectivity index (χ1v) is 10.9. The van der Waals surface area contributed by atoms with Gasteiger partial charge in [0, 0.05) is 0 Å². The van der Waals surface area contributed by atoms with Gasteiger partial charge in [0.05, 0.1) is 12.3 Å². The van der Waals surface area contributed by atoms with Crippen molar-refractivity contribution in [3.63, 3.8) is 0 Å². The number of carbonyl (C=O) groups is 3. The third-order valence-corrected chi connectivity index (χ3v) is 5.17. The first-order chi connectivity index (χ1) is 15.5. The lowest BCUT2D eigenvalue weighted by atomic mass is 10.1. The standard InChI is InChI=1S/C25H28N2O5/c1-2-3-4-5-6-7-16-32-21-14-8-18(9-15-21)17-22-23(29)26-25(31)27(24(22)30)19-10-12-20(28)13-11-19/h8-15,17,28H,2-7,16H2,1H3,(H,26,29,31)/b22-17-. The lowest BCUT2D eigenvalue weighted by Crippen LogP contribution is -2.54. The van der Waals surface area contributed by atoms with Crippen LogP contribution >= 0.6 is 0 Å². The molecule has 1 heterocycles. The smallest absolute Gasteiger partial charge is 0.335 e.